The highest BCUT2D eigenvalue weighted by Crippen LogP contribution is 2.40. The normalized spacial score (nSPS) is 12.3. The van der Waals surface area contributed by atoms with E-state index in [0.29, 0.717) is 23.0 Å². The topological polar surface area (TPSA) is 54.9 Å². The van der Waals surface area contributed by atoms with E-state index in [4.69, 9.17) is 14.5 Å². The average molecular weight is 499 g/mol. The zero-order chi connectivity index (χ0) is 19.7. The third-order valence-electron chi connectivity index (χ3n) is 4.43. The van der Waals surface area contributed by atoms with Crippen LogP contribution in [0.2, 0.25) is 0 Å². The zero-order valence-electron chi connectivity index (χ0n) is 16.1. The maximum absolute atomic E-state index is 13.2. The van der Waals surface area contributed by atoms with Crippen LogP contribution in [0.3, 0.4) is 0 Å². The minimum absolute atomic E-state index is 0. The Morgan fingerprint density at radius 1 is 1.14 bits per heavy atom. The highest BCUT2D eigenvalue weighted by Gasteiger charge is 2.23. The van der Waals surface area contributed by atoms with E-state index in [9.17, 15) is 4.79 Å². The smallest absolute Gasteiger partial charge is 0.260 e. The number of aromatic nitrogens is 1. The van der Waals surface area contributed by atoms with Crippen molar-refractivity contribution in [2.75, 3.05) is 38.9 Å². The minimum Gasteiger partial charge on any atom is -0.454 e. The molecule has 4 rings (SSSR count). The summed E-state index contributed by atoms with van der Waals surface area (Å²) in [6, 6.07) is 11.2. The molecule has 9 heteroatoms. The van der Waals surface area contributed by atoms with Gasteiger partial charge in [-0.25, -0.2) is 4.98 Å². The molecule has 2 heterocycles. The molecule has 29 heavy (non-hydrogen) atoms. The lowest BCUT2D eigenvalue weighted by atomic mass is 10.2. The molecule has 0 fully saturated rings. The van der Waals surface area contributed by atoms with Crippen molar-refractivity contribution in [1.82, 2.24) is 9.88 Å². The number of ether oxygens (including phenoxy) is 2. The first-order chi connectivity index (χ1) is 13.5. The molecule has 0 saturated carbocycles. The van der Waals surface area contributed by atoms with Crippen LogP contribution in [-0.2, 0) is 0 Å². The second kappa shape index (κ2) is 9.30. The molecule has 0 N–H and O–H groups in total. The summed E-state index contributed by atoms with van der Waals surface area (Å²) in [4.78, 5) is 21.8. The monoisotopic (exact) mass is 497 g/mol. The molecule has 0 spiro atoms. The van der Waals surface area contributed by atoms with Gasteiger partial charge in [-0.3, -0.25) is 9.69 Å². The number of carbonyl (C=O) groups excluding carboxylic acids is 1. The van der Waals surface area contributed by atoms with E-state index in [1.54, 1.807) is 4.90 Å². The molecule has 2 aromatic carbocycles. The number of halogens is 2. The van der Waals surface area contributed by atoms with Gasteiger partial charge in [0.2, 0.25) is 6.79 Å². The van der Waals surface area contributed by atoms with E-state index in [1.165, 1.54) is 11.3 Å². The van der Waals surface area contributed by atoms with Gasteiger partial charge >= 0.3 is 0 Å². The molecule has 1 aromatic heterocycles. The number of nitrogens with zero attached hydrogens (tertiary/aromatic N) is 3. The first-order valence-corrected chi connectivity index (χ1v) is 10.5. The van der Waals surface area contributed by atoms with Crippen LogP contribution in [0.5, 0.6) is 11.5 Å². The summed E-state index contributed by atoms with van der Waals surface area (Å²) in [6.07, 6.45) is 0.855. The Kier molecular flexibility index (Phi) is 7.00. The fourth-order valence-corrected chi connectivity index (χ4v) is 4.26. The molecule has 0 bridgehead atoms. The molecule has 0 saturated heterocycles. The summed E-state index contributed by atoms with van der Waals surface area (Å²) in [5.74, 6) is 1.37. The molecule has 1 amide bonds. The fourth-order valence-electron chi connectivity index (χ4n) is 3.00. The van der Waals surface area contributed by atoms with Crippen LogP contribution in [0.25, 0.3) is 10.2 Å². The summed E-state index contributed by atoms with van der Waals surface area (Å²) >= 11 is 4.91. The molecule has 0 unspecified atom stereocenters. The molecule has 3 aromatic rings. The van der Waals surface area contributed by atoms with Crippen molar-refractivity contribution in [2.24, 2.45) is 0 Å². The first kappa shape index (κ1) is 21.8. The van der Waals surface area contributed by atoms with Crippen molar-refractivity contribution in [3.63, 3.8) is 0 Å². The van der Waals surface area contributed by atoms with Crippen molar-refractivity contribution in [1.29, 1.82) is 0 Å². The number of carbonyl (C=O) groups is 1. The maximum atomic E-state index is 13.2. The van der Waals surface area contributed by atoms with Gasteiger partial charge in [-0.1, -0.05) is 27.3 Å². The van der Waals surface area contributed by atoms with Gasteiger partial charge in [0.05, 0.1) is 10.2 Å². The molecule has 0 atom stereocenters. The Morgan fingerprint density at radius 2 is 1.83 bits per heavy atom. The van der Waals surface area contributed by atoms with Crippen molar-refractivity contribution < 1.29 is 14.3 Å². The van der Waals surface area contributed by atoms with Crippen LogP contribution in [-0.4, -0.2) is 49.8 Å². The van der Waals surface area contributed by atoms with E-state index in [1.807, 2.05) is 50.5 Å². The Labute approximate surface area is 188 Å². The minimum atomic E-state index is -0.0506. The van der Waals surface area contributed by atoms with Gasteiger partial charge in [0.15, 0.2) is 16.6 Å². The predicted molar refractivity (Wildman–Crippen MR) is 122 cm³/mol. The number of fused-ring (bicyclic) bond motifs is 2. The standard InChI is InChI=1S/C20H20BrN3O3S.ClH/c1-23(2)8-3-9-24(19(25)13-4-6-14(21)7-5-13)20-22-15-10-16-17(27-12-26-16)11-18(15)28-20;/h4-7,10-11H,3,8-9,12H2,1-2H3;1H. The lowest BCUT2D eigenvalue weighted by molar-refractivity contribution is 0.0986. The third-order valence-corrected chi connectivity index (χ3v) is 6.00. The van der Waals surface area contributed by atoms with E-state index < -0.39 is 0 Å². The zero-order valence-corrected chi connectivity index (χ0v) is 19.3. The van der Waals surface area contributed by atoms with Crippen molar-refractivity contribution in [2.45, 2.75) is 6.42 Å². The number of amides is 1. The summed E-state index contributed by atoms with van der Waals surface area (Å²) in [6.45, 7) is 1.72. The molecular weight excluding hydrogens is 478 g/mol. The highest BCUT2D eigenvalue weighted by atomic mass is 79.9. The van der Waals surface area contributed by atoms with Crippen molar-refractivity contribution in [3.8, 4) is 11.5 Å². The lowest BCUT2D eigenvalue weighted by Crippen LogP contribution is -2.33. The van der Waals surface area contributed by atoms with Gasteiger partial charge in [0.25, 0.3) is 5.91 Å². The van der Waals surface area contributed by atoms with Crippen LogP contribution >= 0.6 is 39.7 Å². The summed E-state index contributed by atoms with van der Waals surface area (Å²) < 4.78 is 12.8. The number of hydrogen-bond donors (Lipinski definition) is 0. The van der Waals surface area contributed by atoms with Gasteiger partial charge in [0.1, 0.15) is 0 Å². The Bertz CT molecular complexity index is 969. The van der Waals surface area contributed by atoms with Crippen molar-refractivity contribution in [3.05, 3.63) is 46.4 Å². The average Bonchev–Trinajstić information content (AvgIpc) is 3.28. The first-order valence-electron chi connectivity index (χ1n) is 8.93. The van der Waals surface area contributed by atoms with Gasteiger partial charge in [0, 0.05) is 28.7 Å². The largest absolute Gasteiger partial charge is 0.454 e. The molecule has 1 aliphatic heterocycles. The van der Waals surface area contributed by atoms with Crippen LogP contribution in [0, 0.1) is 0 Å². The van der Waals surface area contributed by atoms with Gasteiger partial charge < -0.3 is 14.4 Å². The molecular formula is C20H21BrClN3O3S. The molecule has 6 nitrogen and oxygen atoms in total. The molecule has 1 aliphatic rings. The van der Waals surface area contributed by atoms with Gasteiger partial charge in [-0.05, 0) is 51.3 Å². The second-order valence-corrected chi connectivity index (χ2v) is 8.71. The SMILES string of the molecule is CN(C)CCCN(C(=O)c1ccc(Br)cc1)c1nc2cc3c(cc2s1)OCO3.Cl. The number of hydrogen-bond acceptors (Lipinski definition) is 6. The van der Waals surface area contributed by atoms with Crippen LogP contribution in [0.1, 0.15) is 16.8 Å². The number of thiazole rings is 1. The number of rotatable bonds is 6. The maximum Gasteiger partial charge on any atom is 0.260 e. The molecule has 0 radical (unpaired) electrons. The summed E-state index contributed by atoms with van der Waals surface area (Å²) in [5, 5.41) is 0.686. The summed E-state index contributed by atoms with van der Waals surface area (Å²) in [5.41, 5.74) is 1.45. The van der Waals surface area contributed by atoms with Crippen LogP contribution in [0.4, 0.5) is 5.13 Å². The third kappa shape index (κ3) is 4.83. The van der Waals surface area contributed by atoms with Gasteiger partial charge in [-0.15, -0.1) is 12.4 Å². The van der Waals surface area contributed by atoms with Crippen molar-refractivity contribution >= 4 is 60.9 Å². The number of benzene rings is 2. The molecule has 0 aliphatic carbocycles. The predicted octanol–water partition coefficient (Wildman–Crippen LogP) is 4.81. The van der Waals surface area contributed by atoms with E-state index in [-0.39, 0.29) is 25.1 Å². The summed E-state index contributed by atoms with van der Waals surface area (Å²) in [7, 11) is 4.06. The Hall–Kier alpha value is -1.87. The Balaban J connectivity index is 0.00000240. The molecule has 154 valence electrons. The van der Waals surface area contributed by atoms with E-state index in [2.05, 4.69) is 20.8 Å². The highest BCUT2D eigenvalue weighted by molar-refractivity contribution is 9.10. The fraction of sp³-hybridized carbons (Fsp3) is 0.300. The van der Waals surface area contributed by atoms with Crippen LogP contribution in [0.15, 0.2) is 40.9 Å². The van der Waals surface area contributed by atoms with Gasteiger partial charge in [-0.2, -0.15) is 0 Å². The lowest BCUT2D eigenvalue weighted by Gasteiger charge is -2.21. The Morgan fingerprint density at radius 3 is 2.52 bits per heavy atom. The quantitative estimate of drug-likeness (QED) is 0.488. The van der Waals surface area contributed by atoms with E-state index in [0.717, 1.165) is 33.4 Å². The van der Waals surface area contributed by atoms with Crippen LogP contribution < -0.4 is 14.4 Å². The van der Waals surface area contributed by atoms with E-state index >= 15 is 0 Å². The second-order valence-electron chi connectivity index (χ2n) is 6.79. The number of anilines is 1.